The molecule has 2 unspecified atom stereocenters. The van der Waals surface area contributed by atoms with Crippen LogP contribution in [0.2, 0.25) is 0 Å². The molecule has 0 bridgehead atoms. The smallest absolute Gasteiger partial charge is 0.106 e. The maximum atomic E-state index is 5.44. The second-order valence-corrected chi connectivity index (χ2v) is 12.5. The van der Waals surface area contributed by atoms with E-state index in [0.29, 0.717) is 12.5 Å². The third kappa shape index (κ3) is 7.34. The van der Waals surface area contributed by atoms with Crippen LogP contribution in [0.5, 0.6) is 0 Å². The number of thioether (sulfide) groups is 1. The Hall–Kier alpha value is -4.08. The maximum absolute atomic E-state index is 5.44. The van der Waals surface area contributed by atoms with Crippen LogP contribution in [0.3, 0.4) is 0 Å². The average molecular weight is 599 g/mol. The summed E-state index contributed by atoms with van der Waals surface area (Å²) in [5.74, 6) is 1.43. The van der Waals surface area contributed by atoms with Crippen LogP contribution < -0.4 is 4.90 Å². The fourth-order valence-corrected chi connectivity index (χ4v) is 6.51. The van der Waals surface area contributed by atoms with Gasteiger partial charge >= 0.3 is 0 Å². The van der Waals surface area contributed by atoms with Crippen molar-refractivity contribution in [3.05, 3.63) is 165 Å². The summed E-state index contributed by atoms with van der Waals surface area (Å²) < 4.78 is 0. The van der Waals surface area contributed by atoms with Gasteiger partial charge in [0.05, 0.1) is 5.70 Å². The Bertz CT molecular complexity index is 1670. The summed E-state index contributed by atoms with van der Waals surface area (Å²) in [5.41, 5.74) is 11.7. The van der Waals surface area contributed by atoms with E-state index in [-0.39, 0.29) is 5.92 Å². The molecule has 0 aromatic heterocycles. The van der Waals surface area contributed by atoms with Crippen LogP contribution in [0, 0.1) is 0 Å². The third-order valence-corrected chi connectivity index (χ3v) is 9.51. The largest absolute Gasteiger partial charge is 0.326 e. The van der Waals surface area contributed by atoms with Gasteiger partial charge in [-0.15, -0.1) is 0 Å². The number of fused-ring (bicyclic) bond motifs is 2. The van der Waals surface area contributed by atoms with E-state index in [2.05, 4.69) is 144 Å². The molecule has 2 aliphatic rings. The zero-order valence-corrected chi connectivity index (χ0v) is 28.2. The molecule has 3 heteroatoms. The Morgan fingerprint density at radius 1 is 1.00 bits per heavy atom. The molecule has 44 heavy (non-hydrogen) atoms. The van der Waals surface area contributed by atoms with Crippen molar-refractivity contribution < 1.29 is 0 Å². The van der Waals surface area contributed by atoms with E-state index in [9.17, 15) is 0 Å². The van der Waals surface area contributed by atoms with Gasteiger partial charge in [-0.05, 0) is 79.5 Å². The van der Waals surface area contributed by atoms with Crippen molar-refractivity contribution in [2.75, 3.05) is 11.4 Å². The SMILES string of the molecule is C=CC1=C(/C=C\C)/C(N=C(C)N2C/C=C(\C)C(C)c3ccccc3/C(C)=C/C(C)c3ccccc32)=C(\C)C(=C)/C=C\C=C\S1. The molecule has 2 aliphatic heterocycles. The number of anilines is 1. The topological polar surface area (TPSA) is 15.6 Å². The first-order chi connectivity index (χ1) is 21.2. The highest BCUT2D eigenvalue weighted by molar-refractivity contribution is 8.06. The lowest BCUT2D eigenvalue weighted by Gasteiger charge is -2.29. The van der Waals surface area contributed by atoms with Crippen molar-refractivity contribution in [1.82, 2.24) is 0 Å². The van der Waals surface area contributed by atoms with Gasteiger partial charge in [-0.2, -0.15) is 0 Å². The number of hydrogen-bond donors (Lipinski definition) is 0. The highest BCUT2D eigenvalue weighted by atomic mass is 32.2. The van der Waals surface area contributed by atoms with E-state index in [1.807, 2.05) is 25.2 Å². The molecule has 0 amide bonds. The van der Waals surface area contributed by atoms with Gasteiger partial charge in [0.15, 0.2) is 0 Å². The lowest BCUT2D eigenvalue weighted by molar-refractivity contribution is 0.874. The van der Waals surface area contributed by atoms with Gasteiger partial charge < -0.3 is 4.90 Å². The molecule has 2 atom stereocenters. The van der Waals surface area contributed by atoms with E-state index in [1.165, 1.54) is 33.5 Å². The van der Waals surface area contributed by atoms with Crippen LogP contribution in [0.4, 0.5) is 5.69 Å². The summed E-state index contributed by atoms with van der Waals surface area (Å²) in [6, 6.07) is 17.6. The van der Waals surface area contributed by atoms with Gasteiger partial charge in [0.1, 0.15) is 5.84 Å². The number of allylic oxidation sites excluding steroid dienone is 11. The summed E-state index contributed by atoms with van der Waals surface area (Å²) in [7, 11) is 0. The van der Waals surface area contributed by atoms with Gasteiger partial charge in [0.2, 0.25) is 0 Å². The second kappa shape index (κ2) is 15.1. The van der Waals surface area contributed by atoms with Crippen LogP contribution in [0.1, 0.15) is 77.0 Å². The summed E-state index contributed by atoms with van der Waals surface area (Å²) in [5, 5.41) is 2.08. The van der Waals surface area contributed by atoms with Crippen molar-refractivity contribution in [3.63, 3.8) is 0 Å². The maximum Gasteiger partial charge on any atom is 0.106 e. The van der Waals surface area contributed by atoms with Crippen molar-refractivity contribution >= 4 is 28.9 Å². The monoisotopic (exact) mass is 598 g/mol. The molecule has 2 aromatic rings. The van der Waals surface area contributed by atoms with E-state index < -0.39 is 0 Å². The summed E-state index contributed by atoms with van der Waals surface area (Å²) in [6.07, 6.45) is 17.0. The first-order valence-corrected chi connectivity index (χ1v) is 16.3. The quantitative estimate of drug-likeness (QED) is 0.198. The lowest BCUT2D eigenvalue weighted by atomic mass is 9.85. The second-order valence-electron chi connectivity index (χ2n) is 11.5. The van der Waals surface area contributed by atoms with E-state index in [1.54, 1.807) is 11.8 Å². The molecular formula is C41H46N2S. The first-order valence-electron chi connectivity index (χ1n) is 15.4. The van der Waals surface area contributed by atoms with Gasteiger partial charge in [-0.25, -0.2) is 4.99 Å². The predicted molar refractivity (Wildman–Crippen MR) is 197 cm³/mol. The molecule has 0 aliphatic carbocycles. The van der Waals surface area contributed by atoms with Gasteiger partial charge in [0, 0.05) is 34.5 Å². The lowest BCUT2D eigenvalue weighted by Crippen LogP contribution is -2.30. The molecule has 2 nitrogen and oxygen atoms in total. The molecule has 0 fully saturated rings. The van der Waals surface area contributed by atoms with Crippen LogP contribution in [-0.4, -0.2) is 12.4 Å². The molecule has 2 heterocycles. The molecule has 0 N–H and O–H groups in total. The van der Waals surface area contributed by atoms with E-state index >= 15 is 0 Å². The van der Waals surface area contributed by atoms with Crippen molar-refractivity contribution in [1.29, 1.82) is 0 Å². The first kappa shape index (κ1) is 32.8. The van der Waals surface area contributed by atoms with Crippen molar-refractivity contribution in [3.8, 4) is 0 Å². The zero-order valence-electron chi connectivity index (χ0n) is 27.4. The minimum absolute atomic E-state index is 0.211. The Morgan fingerprint density at radius 2 is 1.70 bits per heavy atom. The number of aliphatic imine (C=N–C) groups is 1. The summed E-state index contributed by atoms with van der Waals surface area (Å²) in [4.78, 5) is 8.86. The molecule has 2 aromatic carbocycles. The Kier molecular flexibility index (Phi) is 11.3. The minimum Gasteiger partial charge on any atom is -0.326 e. The average Bonchev–Trinajstić information content (AvgIpc) is 3.03. The number of rotatable bonds is 3. The highest BCUT2D eigenvalue weighted by Crippen LogP contribution is 2.37. The number of hydrogen-bond acceptors (Lipinski definition) is 2. The van der Waals surface area contributed by atoms with Gasteiger partial charge in [0.25, 0.3) is 0 Å². The van der Waals surface area contributed by atoms with Crippen LogP contribution >= 0.6 is 11.8 Å². The molecule has 0 saturated heterocycles. The molecule has 0 radical (unpaired) electrons. The number of para-hydroxylation sites is 1. The predicted octanol–water partition coefficient (Wildman–Crippen LogP) is 11.8. The summed E-state index contributed by atoms with van der Waals surface area (Å²) >= 11 is 1.65. The number of nitrogens with zero attached hydrogens (tertiary/aromatic N) is 2. The fraction of sp³-hybridized carbons (Fsp3) is 0.244. The molecular weight excluding hydrogens is 553 g/mol. The van der Waals surface area contributed by atoms with Crippen LogP contribution in [-0.2, 0) is 0 Å². The zero-order chi connectivity index (χ0) is 31.8. The highest BCUT2D eigenvalue weighted by Gasteiger charge is 2.21. The molecule has 0 spiro atoms. The van der Waals surface area contributed by atoms with E-state index in [4.69, 9.17) is 4.99 Å². The number of amidine groups is 1. The molecule has 0 saturated carbocycles. The standard InChI is InChI=1S/C41H46N2S/c1-10-18-38-40(11-2)44-26-17-16-19-28(3)33(8)41(38)42-34(9)43-25-24-29(4)32(7)37-22-13-12-20-35(37)30(5)27-31(6)36-21-14-15-23-39(36)43/h10-24,26-27,31-32H,2-3,25H2,1,4-9H3/b18-10-,19-16-,26-17+,29-24+,30-27+,40-38?,41-33-,42-34?. The Balaban J connectivity index is 1.97. The summed E-state index contributed by atoms with van der Waals surface area (Å²) in [6.45, 7) is 24.6. The number of benzene rings is 2. The molecule has 226 valence electrons. The van der Waals surface area contributed by atoms with Gasteiger partial charge in [-0.1, -0.05) is 135 Å². The Morgan fingerprint density at radius 3 is 2.43 bits per heavy atom. The molecule has 4 rings (SSSR count). The van der Waals surface area contributed by atoms with E-state index in [0.717, 1.165) is 33.2 Å². The minimum atomic E-state index is 0.211. The van der Waals surface area contributed by atoms with Crippen LogP contribution in [0.25, 0.3) is 5.57 Å². The normalized spacial score (nSPS) is 25.9. The van der Waals surface area contributed by atoms with Crippen molar-refractivity contribution in [2.24, 2.45) is 4.99 Å². The third-order valence-electron chi connectivity index (χ3n) is 8.57. The van der Waals surface area contributed by atoms with Gasteiger partial charge in [-0.3, -0.25) is 0 Å². The fourth-order valence-electron chi connectivity index (χ4n) is 5.81. The van der Waals surface area contributed by atoms with Crippen LogP contribution in [0.15, 0.2) is 154 Å². The Labute approximate surface area is 270 Å². The van der Waals surface area contributed by atoms with Crippen molar-refractivity contribution in [2.45, 2.75) is 60.3 Å².